The van der Waals surface area contributed by atoms with Crippen molar-refractivity contribution in [2.45, 2.75) is 34.1 Å². The average Bonchev–Trinajstić information content (AvgIpc) is 3.42. The number of aromatic nitrogens is 5. The second-order valence-corrected chi connectivity index (χ2v) is 10.3. The minimum Gasteiger partial charge on any atom is -0.493 e. The van der Waals surface area contributed by atoms with Crippen molar-refractivity contribution in [1.82, 2.24) is 24.4 Å². The quantitative estimate of drug-likeness (QED) is 0.327. The number of fused-ring (bicyclic) bond motifs is 1. The Hall–Kier alpha value is -4.11. The Morgan fingerprint density at radius 3 is 2.57 bits per heavy atom. The van der Waals surface area contributed by atoms with Crippen LogP contribution in [-0.2, 0) is 0 Å². The number of thiazole rings is 1. The molecule has 5 rings (SSSR count). The number of nitrogens with zero attached hydrogens (tertiary/aromatic N) is 5. The van der Waals surface area contributed by atoms with Crippen molar-refractivity contribution in [3.63, 3.8) is 0 Å². The highest BCUT2D eigenvalue weighted by Gasteiger charge is 2.15. The highest BCUT2D eigenvalue weighted by molar-refractivity contribution is 7.15. The van der Waals surface area contributed by atoms with Gasteiger partial charge in [-0.3, -0.25) is 9.59 Å². The van der Waals surface area contributed by atoms with Crippen molar-refractivity contribution < 1.29 is 4.74 Å². The maximum atomic E-state index is 13.1. The van der Waals surface area contributed by atoms with E-state index in [1.807, 2.05) is 61.7 Å². The Morgan fingerprint density at radius 1 is 1.05 bits per heavy atom. The second kappa shape index (κ2) is 10.1. The number of hydrogen-bond donors (Lipinski definition) is 0. The monoisotopic (exact) mass is 513 g/mol. The summed E-state index contributed by atoms with van der Waals surface area (Å²) in [4.78, 5) is 29.3. The van der Waals surface area contributed by atoms with Crippen molar-refractivity contribution in [1.29, 1.82) is 0 Å². The van der Waals surface area contributed by atoms with Gasteiger partial charge in [-0.25, -0.2) is 4.68 Å². The zero-order valence-corrected chi connectivity index (χ0v) is 22.0. The summed E-state index contributed by atoms with van der Waals surface area (Å²) < 4.78 is 9.39. The fourth-order valence-electron chi connectivity index (χ4n) is 3.92. The maximum absolute atomic E-state index is 13.1. The molecule has 8 nitrogen and oxygen atoms in total. The number of benzene rings is 2. The molecule has 0 radical (unpaired) electrons. The lowest BCUT2D eigenvalue weighted by Crippen LogP contribution is -2.27. The van der Waals surface area contributed by atoms with E-state index >= 15 is 0 Å². The summed E-state index contributed by atoms with van der Waals surface area (Å²) in [7, 11) is 0. The molecule has 0 unspecified atom stereocenters. The predicted octanol–water partition coefficient (Wildman–Crippen LogP) is 3.95. The van der Waals surface area contributed by atoms with Gasteiger partial charge in [0.1, 0.15) is 17.1 Å². The summed E-state index contributed by atoms with van der Waals surface area (Å²) in [6.07, 6.45) is 4.67. The minimum absolute atomic E-state index is 0.183. The molecule has 0 saturated carbocycles. The van der Waals surface area contributed by atoms with Gasteiger partial charge < -0.3 is 4.74 Å². The van der Waals surface area contributed by atoms with E-state index in [4.69, 9.17) is 9.84 Å². The van der Waals surface area contributed by atoms with Crippen molar-refractivity contribution in [2.24, 2.45) is 5.92 Å². The lowest BCUT2D eigenvalue weighted by atomic mass is 10.0. The van der Waals surface area contributed by atoms with E-state index in [1.54, 1.807) is 17.7 Å². The Morgan fingerprint density at radius 2 is 1.84 bits per heavy atom. The summed E-state index contributed by atoms with van der Waals surface area (Å²) in [5, 5.41) is 8.99. The summed E-state index contributed by atoms with van der Waals surface area (Å²) in [6.45, 7) is 8.58. The smallest absolute Gasteiger partial charge is 0.295 e. The van der Waals surface area contributed by atoms with Gasteiger partial charge in [0, 0.05) is 17.3 Å². The van der Waals surface area contributed by atoms with Gasteiger partial charge in [-0.15, -0.1) is 0 Å². The second-order valence-electron chi connectivity index (χ2n) is 9.34. The predicted molar refractivity (Wildman–Crippen MR) is 146 cm³/mol. The van der Waals surface area contributed by atoms with Gasteiger partial charge >= 0.3 is 0 Å². The van der Waals surface area contributed by atoms with Gasteiger partial charge in [0.2, 0.25) is 4.96 Å². The molecule has 3 aromatic heterocycles. The van der Waals surface area contributed by atoms with E-state index in [-0.39, 0.29) is 16.2 Å². The standard InChI is InChI=1S/C28H27N5O3S/c1-17(2)12-13-36-23-11-10-20(14-18(23)3)25-21(16-32(31-25)22-8-6-5-7-9-22)15-24-27(35)33-28(37-24)29-26(34)19(4)30-33/h5-11,14-17H,12-13H2,1-4H3/b24-15+. The highest BCUT2D eigenvalue weighted by atomic mass is 32.1. The molecule has 0 bridgehead atoms. The summed E-state index contributed by atoms with van der Waals surface area (Å²) in [5.74, 6) is 1.42. The van der Waals surface area contributed by atoms with E-state index in [0.717, 1.165) is 51.6 Å². The molecule has 0 atom stereocenters. The normalized spacial score (nSPS) is 12.1. The van der Waals surface area contributed by atoms with Crippen LogP contribution in [0.25, 0.3) is 28.0 Å². The van der Waals surface area contributed by atoms with Gasteiger partial charge in [-0.2, -0.15) is 19.7 Å². The third kappa shape index (κ3) is 5.08. The van der Waals surface area contributed by atoms with Crippen LogP contribution in [0.1, 0.15) is 37.1 Å². The number of ether oxygens (including phenoxy) is 1. The van der Waals surface area contributed by atoms with Crippen LogP contribution in [0.15, 0.2) is 64.3 Å². The summed E-state index contributed by atoms with van der Waals surface area (Å²) >= 11 is 1.13. The first-order valence-electron chi connectivity index (χ1n) is 12.1. The first-order chi connectivity index (χ1) is 17.8. The van der Waals surface area contributed by atoms with Crippen molar-refractivity contribution >= 4 is 22.4 Å². The molecule has 0 saturated heterocycles. The molecule has 3 heterocycles. The first-order valence-corrected chi connectivity index (χ1v) is 12.9. The minimum atomic E-state index is -0.434. The molecular weight excluding hydrogens is 486 g/mol. The van der Waals surface area contributed by atoms with E-state index in [2.05, 4.69) is 23.9 Å². The number of rotatable bonds is 7. The Kier molecular flexibility index (Phi) is 6.71. The first kappa shape index (κ1) is 24.6. The van der Waals surface area contributed by atoms with Crippen LogP contribution < -0.4 is 20.4 Å². The Bertz CT molecular complexity index is 1750. The summed E-state index contributed by atoms with van der Waals surface area (Å²) in [5.41, 5.74) is 3.74. The van der Waals surface area contributed by atoms with Gasteiger partial charge in [-0.1, -0.05) is 43.4 Å². The van der Waals surface area contributed by atoms with Crippen LogP contribution in [-0.4, -0.2) is 31.0 Å². The van der Waals surface area contributed by atoms with Crippen molar-refractivity contribution in [3.8, 4) is 22.7 Å². The van der Waals surface area contributed by atoms with Crippen LogP contribution in [0.3, 0.4) is 0 Å². The lowest BCUT2D eigenvalue weighted by molar-refractivity contribution is 0.288. The van der Waals surface area contributed by atoms with E-state index < -0.39 is 5.56 Å². The Labute approximate surface area is 217 Å². The van der Waals surface area contributed by atoms with E-state index in [9.17, 15) is 9.59 Å². The van der Waals surface area contributed by atoms with Crippen LogP contribution in [0.5, 0.6) is 5.75 Å². The topological polar surface area (TPSA) is 91.4 Å². The van der Waals surface area contributed by atoms with Crippen molar-refractivity contribution in [3.05, 3.63) is 96.8 Å². The van der Waals surface area contributed by atoms with Crippen LogP contribution in [0.4, 0.5) is 0 Å². The van der Waals surface area contributed by atoms with Crippen molar-refractivity contribution in [2.75, 3.05) is 6.61 Å². The van der Waals surface area contributed by atoms with Crippen LogP contribution in [0, 0.1) is 19.8 Å². The molecule has 0 spiro atoms. The molecule has 2 aromatic carbocycles. The van der Waals surface area contributed by atoms with Gasteiger partial charge in [0.15, 0.2) is 0 Å². The molecule has 0 aliphatic heterocycles. The fourth-order valence-corrected chi connectivity index (χ4v) is 4.82. The highest BCUT2D eigenvalue weighted by Crippen LogP contribution is 2.29. The summed E-state index contributed by atoms with van der Waals surface area (Å²) in [6, 6.07) is 15.8. The van der Waals surface area contributed by atoms with E-state index in [0.29, 0.717) is 17.1 Å². The van der Waals surface area contributed by atoms with Crippen LogP contribution >= 0.6 is 11.3 Å². The average molecular weight is 514 g/mol. The molecule has 0 aliphatic carbocycles. The molecule has 37 heavy (non-hydrogen) atoms. The number of hydrogen-bond acceptors (Lipinski definition) is 7. The molecule has 0 N–H and O–H groups in total. The molecule has 0 fully saturated rings. The SMILES string of the molecule is Cc1cc(-c2nn(-c3ccccc3)cc2/C=c2/sc3nc(=O)c(C)nn3c2=O)ccc1OCCC(C)C. The van der Waals surface area contributed by atoms with Gasteiger partial charge in [0.05, 0.1) is 16.8 Å². The lowest BCUT2D eigenvalue weighted by Gasteiger charge is -2.11. The molecule has 188 valence electrons. The maximum Gasteiger partial charge on any atom is 0.295 e. The van der Waals surface area contributed by atoms with E-state index in [1.165, 1.54) is 4.52 Å². The third-order valence-corrected chi connectivity index (χ3v) is 6.95. The zero-order chi connectivity index (χ0) is 26.1. The molecule has 9 heteroatoms. The molecular formula is C28H27N5O3S. The number of aryl methyl sites for hydroxylation is 2. The van der Waals surface area contributed by atoms with Crippen LogP contribution in [0.2, 0.25) is 0 Å². The molecule has 0 aliphatic rings. The van der Waals surface area contributed by atoms with Gasteiger partial charge in [0.25, 0.3) is 11.1 Å². The fraction of sp³-hybridized carbons (Fsp3) is 0.250. The largest absolute Gasteiger partial charge is 0.493 e. The molecule has 5 aromatic rings. The Balaban J connectivity index is 1.62. The third-order valence-electron chi connectivity index (χ3n) is 5.99. The van der Waals surface area contributed by atoms with Gasteiger partial charge in [-0.05, 0) is 68.2 Å². The number of para-hydroxylation sites is 1. The zero-order valence-electron chi connectivity index (χ0n) is 21.1. The molecule has 0 amide bonds.